The van der Waals surface area contributed by atoms with Crippen LogP contribution in [0.25, 0.3) is 0 Å². The van der Waals surface area contributed by atoms with Crippen molar-refractivity contribution in [3.05, 3.63) is 66.2 Å². The maximum atomic E-state index is 4.36. The number of quaternary nitrogens is 1. The van der Waals surface area contributed by atoms with Crippen molar-refractivity contribution in [1.29, 1.82) is 0 Å². The highest BCUT2D eigenvalue weighted by atomic mass is 79.9. The van der Waals surface area contributed by atoms with Crippen LogP contribution in [0.4, 0.5) is 5.69 Å². The maximum absolute atomic E-state index is 4.36. The van der Waals surface area contributed by atoms with Gasteiger partial charge in [0.1, 0.15) is 6.54 Å². The molecule has 0 N–H and O–H groups in total. The van der Waals surface area contributed by atoms with Gasteiger partial charge in [-0.15, -0.1) is 0 Å². The smallest absolute Gasteiger partial charge is 0.104 e. The third-order valence-corrected chi connectivity index (χ3v) is 4.39. The molecular weight excluding hydrogens is 362 g/mol. The van der Waals surface area contributed by atoms with Gasteiger partial charge in [0.2, 0.25) is 0 Å². The van der Waals surface area contributed by atoms with Crippen molar-refractivity contribution in [2.75, 3.05) is 26.2 Å². The summed E-state index contributed by atoms with van der Waals surface area (Å²) in [4.78, 5) is 8.59. The number of nitrogens with zero attached hydrogens (tertiary/aromatic N) is 3. The zero-order valence-electron chi connectivity index (χ0n) is 14.5. The second-order valence-corrected chi connectivity index (χ2v) is 5.77. The molecule has 0 aliphatic heterocycles. The number of benzene rings is 2. The van der Waals surface area contributed by atoms with E-state index in [0.29, 0.717) is 0 Å². The van der Waals surface area contributed by atoms with Crippen LogP contribution in [0.15, 0.2) is 70.6 Å². The van der Waals surface area contributed by atoms with E-state index in [1.165, 1.54) is 5.56 Å². The second kappa shape index (κ2) is 10.9. The van der Waals surface area contributed by atoms with Gasteiger partial charge in [0.05, 0.1) is 37.9 Å². The quantitative estimate of drug-likeness (QED) is 0.484. The Hall–Kier alpha value is -1.74. The summed E-state index contributed by atoms with van der Waals surface area (Å²) in [6.07, 6.45) is 0. The minimum absolute atomic E-state index is 0. The average Bonchev–Trinajstić information content (AvgIpc) is 2.62. The first-order valence-corrected chi connectivity index (χ1v) is 8.34. The largest absolute Gasteiger partial charge is 1.00 e. The molecule has 0 bridgehead atoms. The predicted molar refractivity (Wildman–Crippen MR) is 97.2 cm³/mol. The van der Waals surface area contributed by atoms with Crippen LogP contribution in [-0.4, -0.2) is 36.7 Å². The number of likely N-dealkylation sites (N-methyl/N-ethyl adjacent to an activating group) is 1. The molecule has 2 aromatic rings. The van der Waals surface area contributed by atoms with Crippen molar-refractivity contribution < 1.29 is 21.5 Å². The Morgan fingerprint density at radius 2 is 1.46 bits per heavy atom. The Labute approximate surface area is 156 Å². The highest BCUT2D eigenvalue weighted by Crippen LogP contribution is 2.14. The fourth-order valence-corrected chi connectivity index (χ4v) is 2.72. The van der Waals surface area contributed by atoms with Crippen molar-refractivity contribution in [3.8, 4) is 0 Å². The first-order chi connectivity index (χ1) is 11.3. The molecule has 0 aliphatic carbocycles. The molecule has 3 nitrogen and oxygen atoms in total. The summed E-state index contributed by atoms with van der Waals surface area (Å²) < 4.78 is 1.04. The van der Waals surface area contributed by atoms with Gasteiger partial charge in [-0.3, -0.25) is 0 Å². The van der Waals surface area contributed by atoms with E-state index in [1.807, 2.05) is 30.3 Å². The van der Waals surface area contributed by atoms with Crippen LogP contribution in [-0.2, 0) is 6.54 Å². The molecule has 4 heteroatoms. The molecule has 2 rings (SSSR count). The van der Waals surface area contributed by atoms with Crippen LogP contribution >= 0.6 is 0 Å². The zero-order chi connectivity index (χ0) is 16.4. The summed E-state index contributed by atoms with van der Waals surface area (Å²) in [5.74, 6) is 0. The van der Waals surface area contributed by atoms with Gasteiger partial charge in [0.15, 0.2) is 0 Å². The van der Waals surface area contributed by atoms with Crippen LogP contribution in [0.3, 0.4) is 0 Å². The highest BCUT2D eigenvalue weighted by Gasteiger charge is 2.22. The van der Waals surface area contributed by atoms with Crippen molar-refractivity contribution in [2.24, 2.45) is 9.98 Å². The average molecular weight is 388 g/mol. The van der Waals surface area contributed by atoms with E-state index >= 15 is 0 Å². The molecule has 0 aromatic heterocycles. The first kappa shape index (κ1) is 20.3. The maximum Gasteiger partial charge on any atom is 0.104 e. The van der Waals surface area contributed by atoms with Crippen LogP contribution < -0.4 is 17.0 Å². The number of halogens is 1. The van der Waals surface area contributed by atoms with Crippen LogP contribution in [0.5, 0.6) is 0 Å². The fraction of sp³-hybridized carbons (Fsp3) is 0.350. The van der Waals surface area contributed by atoms with E-state index in [4.69, 9.17) is 0 Å². The highest BCUT2D eigenvalue weighted by molar-refractivity contribution is 5.51. The third-order valence-electron chi connectivity index (χ3n) is 4.39. The molecule has 0 amide bonds. The number of para-hydroxylation sites is 1. The van der Waals surface area contributed by atoms with E-state index in [-0.39, 0.29) is 17.0 Å². The van der Waals surface area contributed by atoms with Gasteiger partial charge in [-0.1, -0.05) is 48.5 Å². The van der Waals surface area contributed by atoms with E-state index in [0.717, 1.165) is 42.9 Å². The summed E-state index contributed by atoms with van der Waals surface area (Å²) in [5.41, 5.74) is 2.28. The SMILES string of the molecule is CC[N+](CC)(CCN=C=Nc1ccccc1)Cc1ccccc1.[Br-]. The Morgan fingerprint density at radius 3 is 2.04 bits per heavy atom. The topological polar surface area (TPSA) is 24.7 Å². The van der Waals surface area contributed by atoms with Crippen LogP contribution in [0, 0.1) is 0 Å². The predicted octanol–water partition coefficient (Wildman–Crippen LogP) is 1.55. The lowest BCUT2D eigenvalue weighted by Crippen LogP contribution is -3.00. The van der Waals surface area contributed by atoms with Crippen LogP contribution in [0.1, 0.15) is 19.4 Å². The summed E-state index contributed by atoms with van der Waals surface area (Å²) in [7, 11) is 0. The second-order valence-electron chi connectivity index (χ2n) is 5.77. The van der Waals surface area contributed by atoms with E-state index < -0.39 is 0 Å². The van der Waals surface area contributed by atoms with Gasteiger partial charge in [0, 0.05) is 5.56 Å². The van der Waals surface area contributed by atoms with E-state index in [9.17, 15) is 0 Å². The molecule has 0 spiro atoms. The molecule has 24 heavy (non-hydrogen) atoms. The van der Waals surface area contributed by atoms with Crippen molar-refractivity contribution >= 4 is 11.7 Å². The Bertz CT molecular complexity index is 630. The van der Waals surface area contributed by atoms with Crippen molar-refractivity contribution in [3.63, 3.8) is 0 Å². The van der Waals surface area contributed by atoms with Crippen molar-refractivity contribution in [1.82, 2.24) is 0 Å². The minimum atomic E-state index is 0. The molecular formula is C20H26BrN3. The molecule has 0 aliphatic rings. The normalized spacial score (nSPS) is 10.4. The number of hydrogen-bond donors (Lipinski definition) is 0. The third kappa shape index (κ3) is 6.40. The summed E-state index contributed by atoms with van der Waals surface area (Å²) in [6, 6.07) is 23.4. The van der Waals surface area contributed by atoms with Gasteiger partial charge in [-0.2, -0.15) is 4.99 Å². The lowest BCUT2D eigenvalue weighted by atomic mass is 10.1. The van der Waals surface area contributed by atoms with Gasteiger partial charge >= 0.3 is 0 Å². The van der Waals surface area contributed by atoms with Gasteiger partial charge in [-0.05, 0) is 26.0 Å². The standard InChI is InChI=1S/C20H26N3.BrH/c1-3-23(4-2,17-19-11-7-5-8-12-19)16-15-21-18-22-20-13-9-6-10-14-20;/h5-14H,3-4,15-17H2,1-2H3;1H/q+1;/p-1. The molecule has 0 heterocycles. The zero-order valence-corrected chi connectivity index (χ0v) is 16.1. The molecule has 0 atom stereocenters. The fourth-order valence-electron chi connectivity index (χ4n) is 2.72. The molecule has 0 radical (unpaired) electrons. The van der Waals surface area contributed by atoms with Crippen LogP contribution in [0.2, 0.25) is 0 Å². The Balaban J connectivity index is 0.00000288. The van der Waals surface area contributed by atoms with Gasteiger partial charge in [-0.25, -0.2) is 4.99 Å². The lowest BCUT2D eigenvalue weighted by molar-refractivity contribution is -0.936. The first-order valence-electron chi connectivity index (χ1n) is 8.34. The van der Waals surface area contributed by atoms with Crippen molar-refractivity contribution in [2.45, 2.75) is 20.4 Å². The molecule has 2 aromatic carbocycles. The lowest BCUT2D eigenvalue weighted by Gasteiger charge is -2.36. The molecule has 0 fully saturated rings. The monoisotopic (exact) mass is 387 g/mol. The molecule has 0 saturated carbocycles. The molecule has 128 valence electrons. The number of rotatable bonds is 8. The van der Waals surface area contributed by atoms with E-state index in [2.05, 4.69) is 60.2 Å². The Kier molecular flexibility index (Phi) is 9.24. The van der Waals surface area contributed by atoms with Gasteiger partial charge in [0.25, 0.3) is 0 Å². The summed E-state index contributed by atoms with van der Waals surface area (Å²) in [5, 5.41) is 0. The Morgan fingerprint density at radius 1 is 0.875 bits per heavy atom. The number of hydrogen-bond acceptors (Lipinski definition) is 2. The molecule has 0 unspecified atom stereocenters. The summed E-state index contributed by atoms with van der Waals surface area (Å²) >= 11 is 0. The summed E-state index contributed by atoms with van der Waals surface area (Å²) in [6.45, 7) is 9.55. The van der Waals surface area contributed by atoms with E-state index in [1.54, 1.807) is 0 Å². The minimum Gasteiger partial charge on any atom is -1.00 e. The molecule has 0 saturated heterocycles. The number of aliphatic imine (C=N–C) groups is 2. The van der Waals surface area contributed by atoms with Gasteiger partial charge < -0.3 is 21.5 Å².